The number of thiocarbonyl (C=S) groups is 1. The van der Waals surface area contributed by atoms with Crippen LogP contribution in [0, 0.1) is 0 Å². The predicted octanol–water partition coefficient (Wildman–Crippen LogP) is 3.47. The van der Waals surface area contributed by atoms with Gasteiger partial charge in [-0.05, 0) is 61.6 Å². The van der Waals surface area contributed by atoms with E-state index in [-0.39, 0.29) is 11.9 Å². The smallest absolute Gasteiger partial charge is 0.242 e. The van der Waals surface area contributed by atoms with Gasteiger partial charge in [-0.3, -0.25) is 9.69 Å². The van der Waals surface area contributed by atoms with Crippen molar-refractivity contribution in [2.24, 2.45) is 0 Å². The van der Waals surface area contributed by atoms with Gasteiger partial charge in [0.05, 0.1) is 0 Å². The summed E-state index contributed by atoms with van der Waals surface area (Å²) in [6, 6.07) is 18.1. The number of carbonyl (C=O) groups excluding carboxylic acids is 1. The zero-order valence-electron chi connectivity index (χ0n) is 16.9. The summed E-state index contributed by atoms with van der Waals surface area (Å²) in [5.41, 5.74) is 2.21. The molecule has 0 saturated carbocycles. The largest absolute Gasteiger partial charge is 0.351 e. The monoisotopic (exact) mass is 428 g/mol. The third-order valence-corrected chi connectivity index (χ3v) is 5.92. The number of likely N-dealkylation sites (tertiary alicyclic amines) is 1. The summed E-state index contributed by atoms with van der Waals surface area (Å²) < 4.78 is 0. The van der Waals surface area contributed by atoms with Crippen LogP contribution in [-0.2, 0) is 11.3 Å². The SMILES string of the molecule is CSc1ccc(CN2CC[C@@H](NC(=O)[C@H](C)NC(=S)Nc3ccccc3)C2)cc1. The molecule has 3 rings (SSSR count). The van der Waals surface area contributed by atoms with Crippen LogP contribution in [0.2, 0.25) is 0 Å². The van der Waals surface area contributed by atoms with E-state index in [2.05, 4.69) is 51.4 Å². The molecule has 0 unspecified atom stereocenters. The normalized spacial score (nSPS) is 17.5. The van der Waals surface area contributed by atoms with Crippen molar-refractivity contribution >= 4 is 40.7 Å². The highest BCUT2D eigenvalue weighted by atomic mass is 32.2. The maximum atomic E-state index is 12.5. The summed E-state index contributed by atoms with van der Waals surface area (Å²) in [6.07, 6.45) is 3.05. The lowest BCUT2D eigenvalue weighted by molar-refractivity contribution is -0.123. The quantitative estimate of drug-likeness (QED) is 0.464. The average Bonchev–Trinajstić information content (AvgIpc) is 3.15. The summed E-state index contributed by atoms with van der Waals surface area (Å²) in [4.78, 5) is 16.2. The Kier molecular flexibility index (Phi) is 7.91. The fraction of sp³-hybridized carbons (Fsp3) is 0.364. The molecule has 0 bridgehead atoms. The van der Waals surface area contributed by atoms with Gasteiger partial charge in [-0.2, -0.15) is 0 Å². The van der Waals surface area contributed by atoms with Crippen molar-refractivity contribution in [1.82, 2.24) is 15.5 Å². The number of thioether (sulfide) groups is 1. The number of hydrogen-bond donors (Lipinski definition) is 3. The lowest BCUT2D eigenvalue weighted by Crippen LogP contribution is -2.49. The molecule has 0 aliphatic carbocycles. The highest BCUT2D eigenvalue weighted by Gasteiger charge is 2.25. The van der Waals surface area contributed by atoms with Crippen LogP contribution in [0.1, 0.15) is 18.9 Å². The molecular weight excluding hydrogens is 400 g/mol. The summed E-state index contributed by atoms with van der Waals surface area (Å²) in [6.45, 7) is 4.61. The molecule has 154 valence electrons. The predicted molar refractivity (Wildman–Crippen MR) is 125 cm³/mol. The molecule has 1 saturated heterocycles. The van der Waals surface area contributed by atoms with Crippen molar-refractivity contribution < 1.29 is 4.79 Å². The Morgan fingerprint density at radius 3 is 2.62 bits per heavy atom. The molecular formula is C22H28N4OS2. The molecule has 0 radical (unpaired) electrons. The molecule has 2 atom stereocenters. The maximum absolute atomic E-state index is 12.5. The lowest BCUT2D eigenvalue weighted by Gasteiger charge is -2.20. The Morgan fingerprint density at radius 1 is 1.21 bits per heavy atom. The van der Waals surface area contributed by atoms with Gasteiger partial charge in [0.1, 0.15) is 6.04 Å². The zero-order chi connectivity index (χ0) is 20.6. The van der Waals surface area contributed by atoms with E-state index in [0.29, 0.717) is 5.11 Å². The van der Waals surface area contributed by atoms with Gasteiger partial charge in [0.25, 0.3) is 0 Å². The minimum absolute atomic E-state index is 0.0293. The van der Waals surface area contributed by atoms with Gasteiger partial charge < -0.3 is 16.0 Å². The van der Waals surface area contributed by atoms with Crippen LogP contribution in [-0.4, -0.2) is 47.3 Å². The summed E-state index contributed by atoms with van der Waals surface area (Å²) >= 11 is 7.07. The first-order valence-corrected chi connectivity index (χ1v) is 11.4. The Labute approximate surface area is 182 Å². The average molecular weight is 429 g/mol. The second kappa shape index (κ2) is 10.6. The Hall–Kier alpha value is -2.09. The van der Waals surface area contributed by atoms with E-state index in [9.17, 15) is 4.79 Å². The van der Waals surface area contributed by atoms with Crippen LogP contribution < -0.4 is 16.0 Å². The third kappa shape index (κ3) is 6.73. The van der Waals surface area contributed by atoms with Crippen LogP contribution in [0.15, 0.2) is 59.5 Å². The van der Waals surface area contributed by atoms with Crippen LogP contribution in [0.25, 0.3) is 0 Å². The van der Waals surface area contributed by atoms with Gasteiger partial charge in [-0.15, -0.1) is 11.8 Å². The maximum Gasteiger partial charge on any atom is 0.242 e. The van der Waals surface area contributed by atoms with Gasteiger partial charge >= 0.3 is 0 Å². The number of nitrogens with zero attached hydrogens (tertiary/aromatic N) is 1. The first-order valence-electron chi connectivity index (χ1n) is 9.81. The van der Waals surface area contributed by atoms with E-state index in [1.165, 1.54) is 10.5 Å². The molecule has 2 aromatic rings. The fourth-order valence-corrected chi connectivity index (χ4v) is 4.06. The van der Waals surface area contributed by atoms with Crippen LogP contribution in [0.5, 0.6) is 0 Å². The summed E-state index contributed by atoms with van der Waals surface area (Å²) in [5, 5.41) is 9.74. The van der Waals surface area contributed by atoms with Gasteiger partial charge in [0.2, 0.25) is 5.91 Å². The standard InChI is InChI=1S/C22H28N4OS2/c1-16(23-22(28)25-18-6-4-3-5-7-18)21(27)24-19-12-13-26(15-19)14-17-8-10-20(29-2)11-9-17/h3-11,16,19H,12-15H2,1-2H3,(H,24,27)(H2,23,25,28)/t16-,19+/m0/s1. The molecule has 1 fully saturated rings. The molecule has 0 spiro atoms. The van der Waals surface area contributed by atoms with E-state index >= 15 is 0 Å². The van der Waals surface area contributed by atoms with Gasteiger partial charge in [0.15, 0.2) is 5.11 Å². The molecule has 1 aliphatic heterocycles. The van der Waals surface area contributed by atoms with E-state index in [1.54, 1.807) is 11.8 Å². The van der Waals surface area contributed by atoms with E-state index < -0.39 is 6.04 Å². The molecule has 1 amide bonds. The van der Waals surface area contributed by atoms with Crippen molar-refractivity contribution in [2.75, 3.05) is 24.7 Å². The zero-order valence-corrected chi connectivity index (χ0v) is 18.5. The van der Waals surface area contributed by atoms with Gasteiger partial charge in [0, 0.05) is 36.3 Å². The number of hydrogen-bond acceptors (Lipinski definition) is 4. The second-order valence-electron chi connectivity index (χ2n) is 7.26. The molecule has 1 heterocycles. The Morgan fingerprint density at radius 2 is 1.93 bits per heavy atom. The number of para-hydroxylation sites is 1. The van der Waals surface area contributed by atoms with Crippen molar-refractivity contribution in [3.8, 4) is 0 Å². The van der Waals surface area contributed by atoms with Crippen molar-refractivity contribution in [3.05, 3.63) is 60.2 Å². The second-order valence-corrected chi connectivity index (χ2v) is 8.55. The number of nitrogens with one attached hydrogen (secondary N) is 3. The minimum Gasteiger partial charge on any atom is -0.351 e. The number of anilines is 1. The molecule has 7 heteroatoms. The van der Waals surface area contributed by atoms with Crippen molar-refractivity contribution in [1.29, 1.82) is 0 Å². The highest BCUT2D eigenvalue weighted by molar-refractivity contribution is 7.98. The highest BCUT2D eigenvalue weighted by Crippen LogP contribution is 2.18. The van der Waals surface area contributed by atoms with E-state index in [4.69, 9.17) is 12.2 Å². The minimum atomic E-state index is -0.396. The first kappa shape index (κ1) is 21.6. The van der Waals surface area contributed by atoms with Gasteiger partial charge in [-0.1, -0.05) is 30.3 Å². The molecule has 1 aliphatic rings. The molecule has 29 heavy (non-hydrogen) atoms. The summed E-state index contributed by atoms with van der Waals surface area (Å²) in [7, 11) is 0. The van der Waals surface area contributed by atoms with Crippen LogP contribution in [0.3, 0.4) is 0 Å². The van der Waals surface area contributed by atoms with E-state index in [0.717, 1.165) is 31.7 Å². The number of rotatable bonds is 7. The Balaban J connectivity index is 1.41. The molecule has 0 aromatic heterocycles. The molecule has 2 aromatic carbocycles. The van der Waals surface area contributed by atoms with Crippen LogP contribution in [0.4, 0.5) is 5.69 Å². The van der Waals surface area contributed by atoms with Crippen LogP contribution >= 0.6 is 24.0 Å². The topological polar surface area (TPSA) is 56.4 Å². The fourth-order valence-electron chi connectivity index (χ4n) is 3.36. The van der Waals surface area contributed by atoms with Crippen molar-refractivity contribution in [2.45, 2.75) is 36.9 Å². The molecule has 3 N–H and O–H groups in total. The third-order valence-electron chi connectivity index (χ3n) is 4.96. The number of amides is 1. The molecule has 5 nitrogen and oxygen atoms in total. The van der Waals surface area contributed by atoms with Crippen molar-refractivity contribution in [3.63, 3.8) is 0 Å². The first-order chi connectivity index (χ1) is 14.0. The van der Waals surface area contributed by atoms with Gasteiger partial charge in [-0.25, -0.2) is 0 Å². The number of benzene rings is 2. The van der Waals surface area contributed by atoms with E-state index in [1.807, 2.05) is 37.3 Å². The number of carbonyl (C=O) groups is 1. The lowest BCUT2D eigenvalue weighted by atomic mass is 10.2. The summed E-state index contributed by atoms with van der Waals surface area (Å²) in [5.74, 6) is -0.0293. The Bertz CT molecular complexity index is 813.